The minimum atomic E-state index is -0.0985. The molecule has 43 heavy (non-hydrogen) atoms. The van der Waals surface area contributed by atoms with Crippen LogP contribution in [0.3, 0.4) is 0 Å². The van der Waals surface area contributed by atoms with Crippen molar-refractivity contribution in [3.63, 3.8) is 0 Å². The molecule has 0 saturated heterocycles. The van der Waals surface area contributed by atoms with Crippen molar-refractivity contribution in [1.29, 1.82) is 5.26 Å². The fourth-order valence-electron chi connectivity index (χ4n) is 7.44. The number of nitriles is 1. The third-order valence-corrected chi connectivity index (χ3v) is 9.44. The van der Waals surface area contributed by atoms with Gasteiger partial charge in [0, 0.05) is 32.5 Å². The van der Waals surface area contributed by atoms with Gasteiger partial charge in [0.25, 0.3) is 0 Å². The van der Waals surface area contributed by atoms with Gasteiger partial charge in [-0.15, -0.1) is 0 Å². The molecule has 0 aliphatic heterocycles. The molecule has 0 radical (unpaired) electrons. The number of rotatable bonds is 2. The molecule has 9 rings (SSSR count). The average Bonchev–Trinajstić information content (AvgIpc) is 3.66. The lowest BCUT2D eigenvalue weighted by Gasteiger charge is -2.21. The van der Waals surface area contributed by atoms with E-state index in [1.165, 1.54) is 33.0 Å². The van der Waals surface area contributed by atoms with Gasteiger partial charge in [0.1, 0.15) is 11.2 Å². The summed E-state index contributed by atoms with van der Waals surface area (Å²) in [5, 5.41) is 14.5. The SMILES string of the molecule is CC1(C)c2ccccc2-c2cc3c(cc21)oc1cccc(-c2ccc(C#N)cc2-n2c4ccccc4c4ccccc42)c13. The molecule has 202 valence electrons. The second-order valence-corrected chi connectivity index (χ2v) is 12.1. The van der Waals surface area contributed by atoms with Crippen LogP contribution in [0.1, 0.15) is 30.5 Å². The summed E-state index contributed by atoms with van der Waals surface area (Å²) < 4.78 is 8.89. The third kappa shape index (κ3) is 3.18. The van der Waals surface area contributed by atoms with Gasteiger partial charge >= 0.3 is 0 Å². The number of para-hydroxylation sites is 2. The minimum absolute atomic E-state index is 0.0985. The van der Waals surface area contributed by atoms with Gasteiger partial charge in [-0.05, 0) is 70.3 Å². The largest absolute Gasteiger partial charge is 0.456 e. The van der Waals surface area contributed by atoms with E-state index in [2.05, 4.69) is 134 Å². The van der Waals surface area contributed by atoms with Crippen LogP contribution in [0.2, 0.25) is 0 Å². The molecule has 3 heteroatoms. The summed E-state index contributed by atoms with van der Waals surface area (Å²) in [6, 6.07) is 45.0. The molecule has 1 aliphatic carbocycles. The Hall–Kier alpha value is -5.59. The molecule has 3 nitrogen and oxygen atoms in total. The quantitative estimate of drug-likeness (QED) is 0.215. The Morgan fingerprint density at radius 2 is 1.28 bits per heavy atom. The number of fused-ring (bicyclic) bond motifs is 9. The summed E-state index contributed by atoms with van der Waals surface area (Å²) in [5.41, 5.74) is 12.8. The van der Waals surface area contributed by atoms with Crippen molar-refractivity contribution in [2.75, 3.05) is 0 Å². The second kappa shape index (κ2) is 8.47. The Kier molecular flexibility index (Phi) is 4.74. The highest BCUT2D eigenvalue weighted by Gasteiger charge is 2.36. The van der Waals surface area contributed by atoms with E-state index in [9.17, 15) is 5.26 Å². The number of aromatic nitrogens is 1. The molecule has 2 aromatic heterocycles. The van der Waals surface area contributed by atoms with E-state index in [-0.39, 0.29) is 5.41 Å². The first-order chi connectivity index (χ1) is 21.0. The molecule has 6 aromatic carbocycles. The van der Waals surface area contributed by atoms with Gasteiger partial charge in [0.05, 0.1) is 28.4 Å². The molecule has 0 unspecified atom stereocenters. The van der Waals surface area contributed by atoms with Crippen molar-refractivity contribution < 1.29 is 4.42 Å². The van der Waals surface area contributed by atoms with Crippen LogP contribution in [0.25, 0.3) is 71.7 Å². The number of nitrogens with zero attached hydrogens (tertiary/aromatic N) is 2. The van der Waals surface area contributed by atoms with Crippen LogP contribution in [0.4, 0.5) is 0 Å². The van der Waals surface area contributed by atoms with Crippen LogP contribution in [0.5, 0.6) is 0 Å². The van der Waals surface area contributed by atoms with E-state index < -0.39 is 0 Å². The lowest BCUT2D eigenvalue weighted by molar-refractivity contribution is 0.647. The topological polar surface area (TPSA) is 41.9 Å². The molecule has 0 amide bonds. The fraction of sp³-hybridized carbons (Fsp3) is 0.0750. The van der Waals surface area contributed by atoms with Gasteiger partial charge in [-0.2, -0.15) is 5.26 Å². The number of benzene rings is 6. The molecule has 8 aromatic rings. The third-order valence-electron chi connectivity index (χ3n) is 9.44. The molecule has 0 N–H and O–H groups in total. The zero-order chi connectivity index (χ0) is 28.9. The van der Waals surface area contributed by atoms with Gasteiger partial charge < -0.3 is 8.98 Å². The molecule has 2 heterocycles. The van der Waals surface area contributed by atoms with Crippen molar-refractivity contribution >= 4 is 43.7 Å². The maximum Gasteiger partial charge on any atom is 0.136 e. The van der Waals surface area contributed by atoms with Crippen molar-refractivity contribution in [2.45, 2.75) is 19.3 Å². The van der Waals surface area contributed by atoms with Crippen molar-refractivity contribution in [1.82, 2.24) is 4.57 Å². The molecule has 1 aliphatic rings. The van der Waals surface area contributed by atoms with Gasteiger partial charge in [-0.3, -0.25) is 0 Å². The summed E-state index contributed by atoms with van der Waals surface area (Å²) in [5.74, 6) is 0. The smallest absolute Gasteiger partial charge is 0.136 e. The first-order valence-corrected chi connectivity index (χ1v) is 14.7. The number of hydrogen-bond acceptors (Lipinski definition) is 2. The van der Waals surface area contributed by atoms with E-state index in [4.69, 9.17) is 4.42 Å². The Morgan fingerprint density at radius 3 is 2.05 bits per heavy atom. The zero-order valence-corrected chi connectivity index (χ0v) is 23.8. The molecule has 0 fully saturated rings. The van der Waals surface area contributed by atoms with E-state index in [1.807, 2.05) is 12.1 Å². The number of hydrogen-bond donors (Lipinski definition) is 0. The van der Waals surface area contributed by atoms with Crippen molar-refractivity contribution in [2.24, 2.45) is 0 Å². The van der Waals surface area contributed by atoms with Crippen molar-refractivity contribution in [3.05, 3.63) is 138 Å². The zero-order valence-electron chi connectivity index (χ0n) is 23.8. The first kappa shape index (κ1) is 24.1. The van der Waals surface area contributed by atoms with Gasteiger partial charge in [-0.25, -0.2) is 0 Å². The Balaban J connectivity index is 1.38. The standard InChI is InChI=1S/C40H26N2O/c1-40(2)32-14-6-3-10-25(32)30-21-31-38(22-33(30)40)43-37-17-9-13-29(39(31)37)28-19-18-24(23-41)20-36(28)42-34-15-7-4-11-26(34)27-12-5-8-16-35(27)42/h3-22H,1-2H3. The fourth-order valence-corrected chi connectivity index (χ4v) is 7.44. The Bertz CT molecular complexity index is 2450. The highest BCUT2D eigenvalue weighted by Crippen LogP contribution is 2.51. The molecular formula is C40H26N2O. The Morgan fingerprint density at radius 1 is 0.581 bits per heavy atom. The maximum atomic E-state index is 9.97. The Labute approximate surface area is 248 Å². The molecule has 0 atom stereocenters. The summed E-state index contributed by atoms with van der Waals surface area (Å²) in [4.78, 5) is 0. The first-order valence-electron chi connectivity index (χ1n) is 14.7. The highest BCUT2D eigenvalue weighted by molar-refractivity contribution is 6.15. The van der Waals surface area contributed by atoms with Gasteiger partial charge in [0.2, 0.25) is 0 Å². The second-order valence-electron chi connectivity index (χ2n) is 12.1. The summed E-state index contributed by atoms with van der Waals surface area (Å²) in [7, 11) is 0. The van der Waals surface area contributed by atoms with Crippen LogP contribution < -0.4 is 0 Å². The monoisotopic (exact) mass is 550 g/mol. The molecule has 0 bridgehead atoms. The van der Waals surface area contributed by atoms with E-state index in [0.29, 0.717) is 5.56 Å². The van der Waals surface area contributed by atoms with Crippen molar-refractivity contribution in [3.8, 4) is 34.0 Å². The van der Waals surface area contributed by atoms with E-state index in [1.54, 1.807) is 0 Å². The molecule has 0 saturated carbocycles. The van der Waals surface area contributed by atoms with Crippen LogP contribution in [0, 0.1) is 11.3 Å². The lowest BCUT2D eigenvalue weighted by Crippen LogP contribution is -2.14. The van der Waals surface area contributed by atoms with E-state index >= 15 is 0 Å². The normalized spacial score (nSPS) is 13.5. The summed E-state index contributed by atoms with van der Waals surface area (Å²) in [6.45, 7) is 4.60. The predicted molar refractivity (Wildman–Crippen MR) is 176 cm³/mol. The molecular weight excluding hydrogens is 524 g/mol. The van der Waals surface area contributed by atoms with Crippen LogP contribution in [-0.2, 0) is 5.41 Å². The van der Waals surface area contributed by atoms with Crippen LogP contribution >= 0.6 is 0 Å². The summed E-state index contributed by atoms with van der Waals surface area (Å²) in [6.07, 6.45) is 0. The van der Waals surface area contributed by atoms with E-state index in [0.717, 1.165) is 49.8 Å². The molecule has 0 spiro atoms. The average molecular weight is 551 g/mol. The maximum absolute atomic E-state index is 9.97. The highest BCUT2D eigenvalue weighted by atomic mass is 16.3. The van der Waals surface area contributed by atoms with Crippen LogP contribution in [0.15, 0.2) is 126 Å². The lowest BCUT2D eigenvalue weighted by atomic mass is 9.82. The number of furan rings is 1. The van der Waals surface area contributed by atoms with Gasteiger partial charge in [0.15, 0.2) is 0 Å². The predicted octanol–water partition coefficient (Wildman–Crippen LogP) is 10.5. The van der Waals surface area contributed by atoms with Crippen LogP contribution in [-0.4, -0.2) is 4.57 Å². The van der Waals surface area contributed by atoms with Gasteiger partial charge in [-0.1, -0.05) is 92.7 Å². The minimum Gasteiger partial charge on any atom is -0.456 e. The summed E-state index contributed by atoms with van der Waals surface area (Å²) >= 11 is 0.